The first-order chi connectivity index (χ1) is 15.3. The number of aliphatic hydroxyl groups excluding tert-OH is 1. The predicted molar refractivity (Wildman–Crippen MR) is 129 cm³/mol. The van der Waals surface area contributed by atoms with Crippen LogP contribution in [0.25, 0.3) is 5.70 Å². The van der Waals surface area contributed by atoms with Crippen LogP contribution >= 0.6 is 0 Å². The van der Waals surface area contributed by atoms with Gasteiger partial charge >= 0.3 is 0 Å². The number of carbonyl (C=O) groups is 1. The van der Waals surface area contributed by atoms with E-state index in [0.29, 0.717) is 0 Å². The Bertz CT molecular complexity index is 911. The number of aryl methyl sites for hydroxylation is 1. The van der Waals surface area contributed by atoms with Crippen LogP contribution < -0.4 is 5.32 Å². The molecule has 1 saturated heterocycles. The maximum absolute atomic E-state index is 13.3. The highest BCUT2D eigenvalue weighted by Gasteiger charge is 2.17. The molecule has 0 bridgehead atoms. The number of benzene rings is 2. The number of likely N-dealkylation sites (N-methyl/N-ethyl adjacent to an activating group) is 2. The van der Waals surface area contributed by atoms with Gasteiger partial charge in [-0.3, -0.25) is 4.90 Å². The van der Waals surface area contributed by atoms with E-state index in [1.165, 1.54) is 17.7 Å². The molecule has 1 aliphatic rings. The molecule has 0 amide bonds. The lowest BCUT2D eigenvalue weighted by molar-refractivity contribution is -0.111. The van der Waals surface area contributed by atoms with E-state index in [2.05, 4.69) is 48.3 Å². The Morgan fingerprint density at radius 3 is 2.38 bits per heavy atom. The molecule has 0 aliphatic carbocycles. The summed E-state index contributed by atoms with van der Waals surface area (Å²) in [5.74, 6) is 0.562. The molecule has 0 aromatic heterocycles. The molecule has 1 fully saturated rings. The van der Waals surface area contributed by atoms with Crippen LogP contribution in [0.15, 0.2) is 59.7 Å². The molecule has 32 heavy (non-hydrogen) atoms. The van der Waals surface area contributed by atoms with Crippen LogP contribution in [0.2, 0.25) is 0 Å². The Balaban J connectivity index is 0.000000534. The van der Waals surface area contributed by atoms with Gasteiger partial charge in [0.25, 0.3) is 0 Å². The lowest BCUT2D eigenvalue weighted by Gasteiger charge is -2.32. The van der Waals surface area contributed by atoms with E-state index in [4.69, 9.17) is 10.1 Å². The lowest BCUT2D eigenvalue weighted by atomic mass is 10.1. The number of nitrogens with zero attached hydrogens (tertiary/aromatic N) is 3. The number of amidine groups is 1. The van der Waals surface area contributed by atoms with Crippen molar-refractivity contribution in [1.29, 1.82) is 0 Å². The van der Waals surface area contributed by atoms with Gasteiger partial charge in [0, 0.05) is 43.5 Å². The van der Waals surface area contributed by atoms with Gasteiger partial charge in [-0.15, -0.1) is 0 Å². The Morgan fingerprint density at radius 1 is 1.16 bits per heavy atom. The van der Waals surface area contributed by atoms with Crippen molar-refractivity contribution in [3.8, 4) is 0 Å². The SMILES string of the molecule is CC(C=O)CO.Cc1ccc(N/C=C(/N=C2CN(C)CCN2C)c2ccc(F)cc2)cc1. The molecule has 0 radical (unpaired) electrons. The monoisotopic (exact) mass is 440 g/mol. The van der Waals surface area contributed by atoms with Gasteiger partial charge in [0.1, 0.15) is 17.9 Å². The molecule has 2 aromatic rings. The number of aliphatic imine (C=N–C) groups is 1. The molecule has 3 rings (SSSR count). The summed E-state index contributed by atoms with van der Waals surface area (Å²) in [6.45, 7) is 6.44. The van der Waals surface area contributed by atoms with Crippen molar-refractivity contribution in [1.82, 2.24) is 9.80 Å². The highest BCUT2D eigenvalue weighted by molar-refractivity contribution is 5.90. The first kappa shape index (κ1) is 25.2. The summed E-state index contributed by atoms with van der Waals surface area (Å²) < 4.78 is 13.3. The number of piperazine rings is 1. The fraction of sp³-hybridized carbons (Fsp3) is 0.360. The molecule has 172 valence electrons. The minimum Gasteiger partial charge on any atom is -0.396 e. The Hall–Kier alpha value is -3.03. The maximum atomic E-state index is 13.3. The second-order valence-corrected chi connectivity index (χ2v) is 8.03. The zero-order valence-electron chi connectivity index (χ0n) is 19.3. The zero-order valence-corrected chi connectivity index (χ0v) is 19.3. The number of nitrogens with one attached hydrogen (secondary N) is 1. The van der Waals surface area contributed by atoms with E-state index in [9.17, 15) is 9.18 Å². The summed E-state index contributed by atoms with van der Waals surface area (Å²) >= 11 is 0. The van der Waals surface area contributed by atoms with Gasteiger partial charge in [-0.2, -0.15) is 0 Å². The van der Waals surface area contributed by atoms with E-state index >= 15 is 0 Å². The van der Waals surface area contributed by atoms with Crippen molar-refractivity contribution >= 4 is 23.5 Å². The van der Waals surface area contributed by atoms with Gasteiger partial charge in [0.15, 0.2) is 0 Å². The smallest absolute Gasteiger partial charge is 0.125 e. The minimum absolute atomic E-state index is 0.0382. The number of anilines is 1. The summed E-state index contributed by atoms with van der Waals surface area (Å²) in [5.41, 5.74) is 3.86. The minimum atomic E-state index is -0.248. The topological polar surface area (TPSA) is 68.2 Å². The third-order valence-electron chi connectivity index (χ3n) is 5.01. The highest BCUT2D eigenvalue weighted by Crippen LogP contribution is 2.19. The molecule has 1 heterocycles. The van der Waals surface area contributed by atoms with Crippen LogP contribution in [-0.2, 0) is 4.79 Å². The van der Waals surface area contributed by atoms with E-state index in [0.717, 1.165) is 48.7 Å². The van der Waals surface area contributed by atoms with Gasteiger partial charge in [0.05, 0.1) is 18.8 Å². The number of hydrogen-bond donors (Lipinski definition) is 2. The lowest BCUT2D eigenvalue weighted by Crippen LogP contribution is -2.46. The van der Waals surface area contributed by atoms with Crippen LogP contribution in [0.3, 0.4) is 0 Å². The maximum Gasteiger partial charge on any atom is 0.125 e. The van der Waals surface area contributed by atoms with E-state index < -0.39 is 0 Å². The molecular weight excluding hydrogens is 407 g/mol. The van der Waals surface area contributed by atoms with Crippen molar-refractivity contribution in [2.45, 2.75) is 13.8 Å². The molecule has 0 spiro atoms. The molecule has 2 aromatic carbocycles. The fourth-order valence-corrected chi connectivity index (χ4v) is 2.80. The first-order valence-corrected chi connectivity index (χ1v) is 10.6. The zero-order chi connectivity index (χ0) is 23.5. The normalized spacial score (nSPS) is 16.9. The Labute approximate surface area is 190 Å². The van der Waals surface area contributed by atoms with Crippen molar-refractivity contribution in [3.63, 3.8) is 0 Å². The predicted octanol–water partition coefficient (Wildman–Crippen LogP) is 3.63. The van der Waals surface area contributed by atoms with Gasteiger partial charge in [-0.05, 0) is 50.4 Å². The quantitative estimate of drug-likeness (QED) is 0.672. The molecule has 1 unspecified atom stereocenters. The number of aldehydes is 1. The van der Waals surface area contributed by atoms with Crippen LogP contribution in [0.1, 0.15) is 18.1 Å². The van der Waals surface area contributed by atoms with Gasteiger partial charge in [-0.1, -0.05) is 24.6 Å². The van der Waals surface area contributed by atoms with E-state index in [1.807, 2.05) is 18.3 Å². The molecule has 6 nitrogen and oxygen atoms in total. The van der Waals surface area contributed by atoms with Crippen LogP contribution in [-0.4, -0.2) is 67.4 Å². The third kappa shape index (κ3) is 8.24. The number of halogens is 1. The third-order valence-corrected chi connectivity index (χ3v) is 5.01. The molecule has 0 saturated carbocycles. The van der Waals surface area contributed by atoms with Gasteiger partial charge in [0.2, 0.25) is 0 Å². The fourth-order valence-electron chi connectivity index (χ4n) is 2.80. The summed E-state index contributed by atoms with van der Waals surface area (Å²) in [4.78, 5) is 18.9. The number of aliphatic hydroxyl groups is 1. The highest BCUT2D eigenvalue weighted by atomic mass is 19.1. The van der Waals surface area contributed by atoms with Crippen molar-refractivity contribution in [3.05, 3.63) is 71.7 Å². The molecule has 1 aliphatic heterocycles. The first-order valence-electron chi connectivity index (χ1n) is 10.6. The van der Waals surface area contributed by atoms with Crippen molar-refractivity contribution in [2.24, 2.45) is 10.9 Å². The molecular formula is C25H33FN4O2. The summed E-state index contributed by atoms with van der Waals surface area (Å²) in [5, 5.41) is 11.4. The van der Waals surface area contributed by atoms with Gasteiger partial charge < -0.3 is 20.1 Å². The molecule has 7 heteroatoms. The average Bonchev–Trinajstić information content (AvgIpc) is 2.80. The molecule has 2 N–H and O–H groups in total. The number of hydrogen-bond acceptors (Lipinski definition) is 5. The summed E-state index contributed by atoms with van der Waals surface area (Å²) in [7, 11) is 4.15. The Morgan fingerprint density at radius 2 is 1.81 bits per heavy atom. The Kier molecular flexibility index (Phi) is 10.0. The summed E-state index contributed by atoms with van der Waals surface area (Å²) in [6.07, 6.45) is 2.60. The second-order valence-electron chi connectivity index (χ2n) is 8.03. The van der Waals surface area contributed by atoms with Crippen molar-refractivity contribution < 1.29 is 14.3 Å². The average molecular weight is 441 g/mol. The summed E-state index contributed by atoms with van der Waals surface area (Å²) in [6, 6.07) is 14.6. The second kappa shape index (κ2) is 12.7. The number of rotatable bonds is 6. The number of carbonyl (C=O) groups excluding carboxylic acids is 1. The standard InChI is InChI=1S/C21H25FN4.C4H8O2/c1-16-4-10-19(11-5-16)23-14-20(17-6-8-18(22)9-7-17)24-21-15-25(2)12-13-26(21)3;1-4(2-5)3-6/h4-11,14,23H,12-13,15H2,1-3H3;2,4,6H,3H2,1H3/b20-14+,24-21?;. The largest absolute Gasteiger partial charge is 0.396 e. The van der Waals surface area contributed by atoms with Crippen LogP contribution in [0.5, 0.6) is 0 Å². The van der Waals surface area contributed by atoms with Gasteiger partial charge in [-0.25, -0.2) is 9.38 Å². The van der Waals surface area contributed by atoms with E-state index in [1.54, 1.807) is 19.1 Å². The van der Waals surface area contributed by atoms with E-state index in [-0.39, 0.29) is 18.3 Å². The van der Waals surface area contributed by atoms with Crippen molar-refractivity contribution in [2.75, 3.05) is 45.7 Å². The van der Waals surface area contributed by atoms with Crippen LogP contribution in [0, 0.1) is 18.7 Å². The molecule has 1 atom stereocenters. The van der Waals surface area contributed by atoms with Crippen LogP contribution in [0.4, 0.5) is 10.1 Å².